The van der Waals surface area contributed by atoms with E-state index in [1.807, 2.05) is 15.8 Å². The highest BCUT2D eigenvalue weighted by Gasteiger charge is 2.45. The summed E-state index contributed by atoms with van der Waals surface area (Å²) >= 11 is 12.5. The number of nitrogen functional groups attached to an aromatic ring is 1. The van der Waals surface area contributed by atoms with Crippen molar-refractivity contribution >= 4 is 70.2 Å². The van der Waals surface area contributed by atoms with E-state index in [1.54, 1.807) is 43.6 Å². The van der Waals surface area contributed by atoms with Gasteiger partial charge >= 0.3 is 0 Å². The number of nitrogens with zero attached hydrogens (tertiary/aromatic N) is 5. The molecule has 2 atom stereocenters. The zero-order valence-electron chi connectivity index (χ0n) is 38.2. The predicted octanol–water partition coefficient (Wildman–Crippen LogP) is 8.20. The molecule has 16 nitrogen and oxygen atoms in total. The zero-order chi connectivity index (χ0) is 48.3. The first-order valence-electron chi connectivity index (χ1n) is 23.5. The average Bonchev–Trinajstić information content (AvgIpc) is 3.92. The molecule has 19 heteroatoms. The first kappa shape index (κ1) is 49.8. The predicted molar refractivity (Wildman–Crippen MR) is 256 cm³/mol. The Balaban J connectivity index is 0.709. The van der Waals surface area contributed by atoms with Crippen molar-refractivity contribution in [2.24, 2.45) is 0 Å². The highest BCUT2D eigenvalue weighted by Crippen LogP contribution is 2.38. The number of pyridine rings is 1. The molecule has 5 N–H and O–H groups in total. The maximum atomic E-state index is 14.2. The van der Waals surface area contributed by atoms with Crippen LogP contribution in [0.3, 0.4) is 0 Å². The molecular formula is C49H58Cl2FN9O7. The highest BCUT2D eigenvalue weighted by atomic mass is 35.5. The van der Waals surface area contributed by atoms with Crippen molar-refractivity contribution in [2.75, 3.05) is 37.2 Å². The lowest BCUT2D eigenvalue weighted by Crippen LogP contribution is -2.54. The summed E-state index contributed by atoms with van der Waals surface area (Å²) in [6, 6.07) is 8.56. The maximum Gasteiger partial charge on any atom is 0.264 e. The minimum atomic E-state index is -1.00. The number of anilines is 2. The van der Waals surface area contributed by atoms with Crippen LogP contribution in [-0.2, 0) is 19.2 Å². The summed E-state index contributed by atoms with van der Waals surface area (Å²) in [7, 11) is 0. The molecule has 0 bridgehead atoms. The molecule has 6 amide bonds. The van der Waals surface area contributed by atoms with Gasteiger partial charge < -0.3 is 26.0 Å². The molecule has 2 aromatic heterocycles. The number of piperidine rings is 2. The summed E-state index contributed by atoms with van der Waals surface area (Å²) in [4.78, 5) is 82.9. The molecule has 4 aromatic rings. The molecule has 2 fully saturated rings. The van der Waals surface area contributed by atoms with Crippen LogP contribution in [0.25, 0.3) is 11.1 Å². The van der Waals surface area contributed by atoms with E-state index in [4.69, 9.17) is 33.7 Å². The number of hydrogen-bond acceptors (Lipinski definition) is 11. The van der Waals surface area contributed by atoms with Gasteiger partial charge in [0.15, 0.2) is 11.6 Å². The Labute approximate surface area is 404 Å². The molecule has 0 spiro atoms. The molecule has 2 saturated heterocycles. The number of aromatic nitrogens is 3. The Bertz CT molecular complexity index is 2510. The van der Waals surface area contributed by atoms with Crippen LogP contribution in [0.5, 0.6) is 5.75 Å². The summed E-state index contributed by atoms with van der Waals surface area (Å²) in [5.74, 6) is -2.03. The van der Waals surface area contributed by atoms with E-state index in [9.17, 15) is 33.2 Å². The van der Waals surface area contributed by atoms with Gasteiger partial charge in [0.25, 0.3) is 11.8 Å². The number of benzene rings is 2. The second-order valence-corrected chi connectivity index (χ2v) is 18.4. The third kappa shape index (κ3) is 12.1. The summed E-state index contributed by atoms with van der Waals surface area (Å²) < 4.78 is 22.1. The van der Waals surface area contributed by atoms with Crippen LogP contribution in [-0.4, -0.2) is 92.2 Å². The van der Waals surface area contributed by atoms with E-state index in [0.29, 0.717) is 56.0 Å². The van der Waals surface area contributed by atoms with Crippen LogP contribution >= 0.6 is 23.2 Å². The minimum absolute atomic E-state index is 0.0460. The van der Waals surface area contributed by atoms with E-state index in [1.165, 1.54) is 12.1 Å². The lowest BCUT2D eigenvalue weighted by Gasteiger charge is -2.32. The van der Waals surface area contributed by atoms with Gasteiger partial charge in [0, 0.05) is 85.2 Å². The van der Waals surface area contributed by atoms with Gasteiger partial charge in [0.05, 0.1) is 28.4 Å². The molecule has 68 heavy (non-hydrogen) atoms. The molecule has 5 heterocycles. The largest absolute Gasteiger partial charge is 0.482 e. The van der Waals surface area contributed by atoms with Gasteiger partial charge in [0.1, 0.15) is 18.0 Å². The number of hydrogen-bond donors (Lipinski definition) is 4. The second kappa shape index (κ2) is 23.3. The molecule has 0 saturated carbocycles. The number of nitrogens with one attached hydrogen (secondary N) is 3. The van der Waals surface area contributed by atoms with Gasteiger partial charge in [-0.15, -0.1) is 0 Å². The second-order valence-electron chi connectivity index (χ2n) is 17.6. The van der Waals surface area contributed by atoms with E-state index in [2.05, 4.69) is 26.0 Å². The molecule has 7 rings (SSSR count). The van der Waals surface area contributed by atoms with Crippen molar-refractivity contribution in [3.63, 3.8) is 0 Å². The number of ether oxygens (including phenoxy) is 1. The fraction of sp³-hybridized carbons (Fsp3) is 0.469. The van der Waals surface area contributed by atoms with Gasteiger partial charge in [-0.2, -0.15) is 5.10 Å². The molecule has 2 aromatic carbocycles. The first-order valence-corrected chi connectivity index (χ1v) is 24.3. The van der Waals surface area contributed by atoms with Gasteiger partial charge in [-0.25, -0.2) is 9.37 Å². The molecule has 0 aliphatic carbocycles. The van der Waals surface area contributed by atoms with Crippen LogP contribution < -0.4 is 26.4 Å². The lowest BCUT2D eigenvalue weighted by molar-refractivity contribution is -0.136. The Hall–Kier alpha value is -6.07. The summed E-state index contributed by atoms with van der Waals surface area (Å²) in [5, 5.41) is 13.3. The van der Waals surface area contributed by atoms with E-state index in [0.717, 1.165) is 86.7 Å². The number of imide groups is 2. The summed E-state index contributed by atoms with van der Waals surface area (Å²) in [5.41, 5.74) is 9.07. The first-order chi connectivity index (χ1) is 32.8. The Morgan fingerprint density at radius 1 is 0.897 bits per heavy atom. The number of carbonyl (C=O) groups is 6. The number of carbonyl (C=O) groups excluding carboxylic acids is 6. The quantitative estimate of drug-likeness (QED) is 0.0335. The van der Waals surface area contributed by atoms with Crippen molar-refractivity contribution < 1.29 is 37.9 Å². The molecule has 3 aliphatic heterocycles. The Morgan fingerprint density at radius 3 is 2.38 bits per heavy atom. The molecule has 362 valence electrons. The Morgan fingerprint density at radius 2 is 1.62 bits per heavy atom. The summed E-state index contributed by atoms with van der Waals surface area (Å²) in [6.07, 6.45) is 15.3. The average molecular weight is 975 g/mol. The molecule has 0 radical (unpaired) electrons. The maximum absolute atomic E-state index is 14.2. The minimum Gasteiger partial charge on any atom is -0.482 e. The van der Waals surface area contributed by atoms with Gasteiger partial charge in [-0.3, -0.25) is 43.7 Å². The van der Waals surface area contributed by atoms with Gasteiger partial charge in [0.2, 0.25) is 23.6 Å². The number of fused-ring (bicyclic) bond motifs is 1. The molecule has 3 aliphatic rings. The van der Waals surface area contributed by atoms with Crippen molar-refractivity contribution in [1.82, 2.24) is 35.2 Å². The number of rotatable bonds is 22. The van der Waals surface area contributed by atoms with Crippen LogP contribution in [0, 0.1) is 5.82 Å². The van der Waals surface area contributed by atoms with Crippen LogP contribution in [0.4, 0.5) is 15.9 Å². The summed E-state index contributed by atoms with van der Waals surface area (Å²) in [6.45, 7) is 4.24. The normalized spacial score (nSPS) is 16.7. The number of likely N-dealkylation sites (tertiary alicyclic amines) is 1. The number of amides is 6. The smallest absolute Gasteiger partial charge is 0.264 e. The third-order valence-corrected chi connectivity index (χ3v) is 13.5. The standard InChI is InChI=1S/C49H58Cl2FN9O7/c1-30(43-35(50)16-17-36(52)45(43)51)68-39-26-31(27-56-46(39)53)32-28-57-60(29-32)33-20-24-59(25-21-33)42(64)15-8-4-3-7-14-40(62)55-23-10-6-2-5-9-22-54-37-13-11-12-34-44(37)49(67)61(48(34)66)38-18-19-41(63)58-47(38)65/h11-13,16-17,26-30,33,38,54H,2-10,14-15,18-25H2,1H3,(H2,53,56)(H,55,62)(H,58,63,65). The molecule has 2 unspecified atom stereocenters. The van der Waals surface area contributed by atoms with Crippen LogP contribution in [0.2, 0.25) is 10.0 Å². The monoisotopic (exact) mass is 973 g/mol. The van der Waals surface area contributed by atoms with Gasteiger partial charge in [-0.05, 0) is 82.2 Å². The number of halogens is 3. The fourth-order valence-corrected chi connectivity index (χ4v) is 9.67. The van der Waals surface area contributed by atoms with Crippen LogP contribution in [0.1, 0.15) is 142 Å². The number of nitrogens with two attached hydrogens (primary N) is 1. The van der Waals surface area contributed by atoms with Gasteiger partial charge in [-0.1, -0.05) is 61.4 Å². The lowest BCUT2D eigenvalue weighted by atomic mass is 10.0. The fourth-order valence-electron chi connectivity index (χ4n) is 8.99. The van der Waals surface area contributed by atoms with E-state index >= 15 is 0 Å². The van der Waals surface area contributed by atoms with Crippen molar-refractivity contribution in [3.05, 3.63) is 87.5 Å². The highest BCUT2D eigenvalue weighted by molar-refractivity contribution is 6.36. The van der Waals surface area contributed by atoms with Crippen molar-refractivity contribution in [2.45, 2.75) is 121 Å². The van der Waals surface area contributed by atoms with E-state index < -0.39 is 41.6 Å². The zero-order valence-corrected chi connectivity index (χ0v) is 39.7. The van der Waals surface area contributed by atoms with Crippen molar-refractivity contribution in [3.8, 4) is 16.9 Å². The Kier molecular flexibility index (Phi) is 17.1. The van der Waals surface area contributed by atoms with Crippen LogP contribution in [0.15, 0.2) is 55.0 Å². The topological polar surface area (TPSA) is 211 Å². The molecular weight excluding hydrogens is 916 g/mol. The third-order valence-electron chi connectivity index (χ3n) is 12.8. The van der Waals surface area contributed by atoms with Crippen molar-refractivity contribution in [1.29, 1.82) is 0 Å². The number of unbranched alkanes of at least 4 members (excludes halogenated alkanes) is 7. The SMILES string of the molecule is CC(Oc1cc(-c2cnn(C3CCN(C(=O)CCCCCCC(=O)NCCCCCCCNc4cccc5c4C(=O)N(C4CCC(=O)NC4=O)C5=O)CC3)c2)cnc1N)c1c(Cl)ccc(F)c1Cl. The van der Waals surface area contributed by atoms with E-state index in [-0.39, 0.29) is 57.7 Å².